The number of thiol groups is 1. The van der Waals surface area contributed by atoms with Crippen molar-refractivity contribution in [3.63, 3.8) is 0 Å². The van der Waals surface area contributed by atoms with Crippen LogP contribution in [0.5, 0.6) is 0 Å². The van der Waals surface area contributed by atoms with Crippen LogP contribution in [0.2, 0.25) is 0 Å². The second-order valence-corrected chi connectivity index (χ2v) is 4.84. The van der Waals surface area contributed by atoms with Crippen molar-refractivity contribution in [1.82, 2.24) is 4.90 Å². The number of amides is 1. The average Bonchev–Trinajstić information content (AvgIpc) is 2.59. The van der Waals surface area contributed by atoms with Crippen LogP contribution in [0, 0.1) is 0 Å². The van der Waals surface area contributed by atoms with E-state index in [1.807, 2.05) is 29.2 Å². The van der Waals surface area contributed by atoms with Gasteiger partial charge in [-0.05, 0) is 11.1 Å². The van der Waals surface area contributed by atoms with Crippen LogP contribution < -0.4 is 0 Å². The van der Waals surface area contributed by atoms with Crippen molar-refractivity contribution in [2.45, 2.75) is 24.8 Å². The second kappa shape index (κ2) is 4.89. The van der Waals surface area contributed by atoms with Gasteiger partial charge in [-0.3, -0.25) is 4.79 Å². The summed E-state index contributed by atoms with van der Waals surface area (Å²) in [6.45, 7) is 1.42. The number of carbonyl (C=O) groups is 1. The van der Waals surface area contributed by atoms with Crippen LogP contribution in [0.3, 0.4) is 0 Å². The summed E-state index contributed by atoms with van der Waals surface area (Å²) >= 11 is 4.31. The van der Waals surface area contributed by atoms with Gasteiger partial charge in [0, 0.05) is 24.8 Å². The Morgan fingerprint density at radius 2 is 1.94 bits per heavy atom. The van der Waals surface area contributed by atoms with Gasteiger partial charge in [0.15, 0.2) is 0 Å². The standard InChI is InChI=1S/C12H15NO2S/c14-8-10-3-1-9(2-4-10)6-13-7-11(16)5-12(13)15/h1-4,11,14,16H,5-8H2. The van der Waals surface area contributed by atoms with Gasteiger partial charge in [0.2, 0.25) is 5.91 Å². The molecule has 2 rings (SSSR count). The highest BCUT2D eigenvalue weighted by Gasteiger charge is 2.26. The normalized spacial score (nSPS) is 20.5. The van der Waals surface area contributed by atoms with Gasteiger partial charge in [0.05, 0.1) is 6.61 Å². The molecule has 1 unspecified atom stereocenters. The van der Waals surface area contributed by atoms with E-state index in [1.165, 1.54) is 0 Å². The Balaban J connectivity index is 2.01. The summed E-state index contributed by atoms with van der Waals surface area (Å²) in [5.41, 5.74) is 1.98. The summed E-state index contributed by atoms with van der Waals surface area (Å²) < 4.78 is 0. The van der Waals surface area contributed by atoms with Gasteiger partial charge in [0.25, 0.3) is 0 Å². The van der Waals surface area contributed by atoms with Crippen molar-refractivity contribution < 1.29 is 9.90 Å². The first kappa shape index (κ1) is 11.5. The molecule has 16 heavy (non-hydrogen) atoms. The molecule has 1 aromatic rings. The van der Waals surface area contributed by atoms with Crippen LogP contribution in [0.4, 0.5) is 0 Å². The maximum Gasteiger partial charge on any atom is 0.224 e. The molecule has 1 aliphatic heterocycles. The highest BCUT2D eigenvalue weighted by atomic mass is 32.1. The third-order valence-electron chi connectivity index (χ3n) is 2.77. The first-order chi connectivity index (χ1) is 7.69. The van der Waals surface area contributed by atoms with Crippen molar-refractivity contribution >= 4 is 18.5 Å². The monoisotopic (exact) mass is 237 g/mol. The van der Waals surface area contributed by atoms with E-state index >= 15 is 0 Å². The number of aliphatic hydroxyl groups excluding tert-OH is 1. The first-order valence-electron chi connectivity index (χ1n) is 5.33. The molecule has 1 fully saturated rings. The number of nitrogens with zero attached hydrogens (tertiary/aromatic N) is 1. The molecule has 1 N–H and O–H groups in total. The topological polar surface area (TPSA) is 40.5 Å². The molecule has 3 nitrogen and oxygen atoms in total. The van der Waals surface area contributed by atoms with Gasteiger partial charge >= 0.3 is 0 Å². The molecule has 1 amide bonds. The van der Waals surface area contributed by atoms with Gasteiger partial charge in [-0.1, -0.05) is 24.3 Å². The first-order valence-corrected chi connectivity index (χ1v) is 5.85. The van der Waals surface area contributed by atoms with E-state index < -0.39 is 0 Å². The van der Waals surface area contributed by atoms with E-state index in [0.29, 0.717) is 13.0 Å². The number of rotatable bonds is 3. The number of hydrogen-bond acceptors (Lipinski definition) is 3. The molecule has 1 atom stereocenters. The molecule has 0 aliphatic carbocycles. The number of aliphatic hydroxyl groups is 1. The predicted octanol–water partition coefficient (Wildman–Crippen LogP) is 1.21. The highest BCUT2D eigenvalue weighted by Crippen LogP contribution is 2.18. The smallest absolute Gasteiger partial charge is 0.224 e. The highest BCUT2D eigenvalue weighted by molar-refractivity contribution is 7.81. The van der Waals surface area contributed by atoms with Crippen molar-refractivity contribution in [3.05, 3.63) is 35.4 Å². The Morgan fingerprint density at radius 1 is 1.31 bits per heavy atom. The summed E-state index contributed by atoms with van der Waals surface area (Å²) in [6, 6.07) is 7.66. The predicted molar refractivity (Wildman–Crippen MR) is 65.2 cm³/mol. The number of carbonyl (C=O) groups excluding carboxylic acids is 1. The second-order valence-electron chi connectivity index (χ2n) is 4.11. The summed E-state index contributed by atoms with van der Waals surface area (Å²) in [4.78, 5) is 13.4. The third kappa shape index (κ3) is 2.57. The van der Waals surface area contributed by atoms with Gasteiger partial charge in [-0.15, -0.1) is 0 Å². The minimum absolute atomic E-state index is 0.0572. The summed E-state index contributed by atoms with van der Waals surface area (Å²) in [5.74, 6) is 0.172. The van der Waals surface area contributed by atoms with Crippen LogP contribution in [-0.4, -0.2) is 27.7 Å². The van der Waals surface area contributed by atoms with Crippen LogP contribution >= 0.6 is 12.6 Å². The number of likely N-dealkylation sites (tertiary alicyclic amines) is 1. The van der Waals surface area contributed by atoms with Gasteiger partial charge in [-0.25, -0.2) is 0 Å². The Kier molecular flexibility index (Phi) is 3.51. The zero-order valence-corrected chi connectivity index (χ0v) is 9.86. The lowest BCUT2D eigenvalue weighted by Gasteiger charge is -2.15. The van der Waals surface area contributed by atoms with Crippen molar-refractivity contribution in [2.75, 3.05) is 6.54 Å². The lowest BCUT2D eigenvalue weighted by Crippen LogP contribution is -2.24. The fraction of sp³-hybridized carbons (Fsp3) is 0.417. The molecule has 1 aromatic carbocycles. The van der Waals surface area contributed by atoms with Gasteiger partial charge in [-0.2, -0.15) is 12.6 Å². The van der Waals surface area contributed by atoms with E-state index in [-0.39, 0.29) is 17.8 Å². The van der Waals surface area contributed by atoms with E-state index in [1.54, 1.807) is 0 Å². The molecule has 86 valence electrons. The minimum Gasteiger partial charge on any atom is -0.392 e. The SMILES string of the molecule is O=C1CC(S)CN1Cc1ccc(CO)cc1. The zero-order valence-electron chi connectivity index (χ0n) is 8.97. The van der Waals surface area contributed by atoms with E-state index in [9.17, 15) is 4.79 Å². The molecule has 1 saturated heterocycles. The quantitative estimate of drug-likeness (QED) is 0.776. The van der Waals surface area contributed by atoms with Crippen molar-refractivity contribution in [3.8, 4) is 0 Å². The van der Waals surface area contributed by atoms with Crippen LogP contribution in [0.1, 0.15) is 17.5 Å². The molecule has 1 aliphatic rings. The molecule has 0 radical (unpaired) electrons. The fourth-order valence-electron chi connectivity index (χ4n) is 1.87. The average molecular weight is 237 g/mol. The molecule has 4 heteroatoms. The zero-order chi connectivity index (χ0) is 11.5. The molecule has 0 aromatic heterocycles. The lowest BCUT2D eigenvalue weighted by atomic mass is 10.1. The maximum atomic E-state index is 11.5. The molecular formula is C12H15NO2S. The Labute approximate surface area is 100 Å². The molecule has 0 bridgehead atoms. The summed E-state index contributed by atoms with van der Waals surface area (Å²) in [6.07, 6.45) is 0.540. The Morgan fingerprint density at radius 3 is 2.44 bits per heavy atom. The molecule has 1 heterocycles. The molecule has 0 spiro atoms. The molecule has 0 saturated carbocycles. The van der Waals surface area contributed by atoms with Crippen molar-refractivity contribution in [2.24, 2.45) is 0 Å². The largest absolute Gasteiger partial charge is 0.392 e. The van der Waals surface area contributed by atoms with E-state index in [0.717, 1.165) is 17.7 Å². The minimum atomic E-state index is 0.0572. The van der Waals surface area contributed by atoms with Crippen molar-refractivity contribution in [1.29, 1.82) is 0 Å². The van der Waals surface area contributed by atoms with Crippen LogP contribution in [0.15, 0.2) is 24.3 Å². The maximum absolute atomic E-state index is 11.5. The summed E-state index contributed by atoms with van der Waals surface area (Å²) in [7, 11) is 0. The van der Waals surface area contributed by atoms with Crippen LogP contribution in [0.25, 0.3) is 0 Å². The van der Waals surface area contributed by atoms with Gasteiger partial charge in [0.1, 0.15) is 0 Å². The number of benzene rings is 1. The Bertz CT molecular complexity index is 377. The van der Waals surface area contributed by atoms with Gasteiger partial charge < -0.3 is 10.0 Å². The van der Waals surface area contributed by atoms with E-state index in [4.69, 9.17) is 5.11 Å². The third-order valence-corrected chi connectivity index (χ3v) is 3.12. The van der Waals surface area contributed by atoms with Crippen LogP contribution in [-0.2, 0) is 17.9 Å². The number of hydrogen-bond donors (Lipinski definition) is 2. The van der Waals surface area contributed by atoms with E-state index in [2.05, 4.69) is 12.6 Å². The molecular weight excluding hydrogens is 222 g/mol. The summed E-state index contributed by atoms with van der Waals surface area (Å²) in [5, 5.41) is 9.09. The Hall–Kier alpha value is -1.00. The fourth-order valence-corrected chi connectivity index (χ4v) is 2.23. The lowest BCUT2D eigenvalue weighted by molar-refractivity contribution is -0.128.